The summed E-state index contributed by atoms with van der Waals surface area (Å²) in [4.78, 5) is 17.6. The van der Waals surface area contributed by atoms with Gasteiger partial charge in [0.15, 0.2) is 25.5 Å². The second kappa shape index (κ2) is 14.5. The number of hydrogen-bond donors (Lipinski definition) is 0. The number of benzene rings is 8. The third-order valence-electron chi connectivity index (χ3n) is 10.7. The summed E-state index contributed by atoms with van der Waals surface area (Å²) in [5, 5.41) is 5.67. The fourth-order valence-electron chi connectivity index (χ4n) is 8.10. The van der Waals surface area contributed by atoms with Crippen molar-refractivity contribution in [3.63, 3.8) is 0 Å². The Morgan fingerprint density at radius 2 is 0.732 bits per heavy atom. The van der Waals surface area contributed by atoms with Crippen LogP contribution < -0.4 is 20.7 Å². The first-order valence-electron chi connectivity index (χ1n) is 18.9. The summed E-state index contributed by atoms with van der Waals surface area (Å²) in [7, 11) is -2.66. The standard InChI is InChI=1S/C51H35N3SSi/c1-5-18-36(19-6-1)49-52-50(37-20-7-2-8-21-37)54-51(53-49)41-25-16-23-39(35-41)38-22-15-24-40(34-38)44-30-17-33-47-48(44)55-45-31-13-14-32-46(45)56(47,42-26-9-3-10-27-42)43-28-11-4-12-29-43/h1-35H. The Kier molecular flexibility index (Phi) is 8.79. The average molecular weight is 750 g/mol. The fourth-order valence-corrected chi connectivity index (χ4v) is 15.2. The Hall–Kier alpha value is -6.66. The average Bonchev–Trinajstić information content (AvgIpc) is 3.29. The van der Waals surface area contributed by atoms with Gasteiger partial charge in [-0.05, 0) is 61.2 Å². The number of hydrogen-bond acceptors (Lipinski definition) is 4. The molecule has 1 aromatic heterocycles. The van der Waals surface area contributed by atoms with Gasteiger partial charge in [0.25, 0.3) is 0 Å². The van der Waals surface area contributed by atoms with Crippen molar-refractivity contribution in [1.29, 1.82) is 0 Å². The van der Waals surface area contributed by atoms with Crippen molar-refractivity contribution in [1.82, 2.24) is 15.0 Å². The summed E-state index contributed by atoms with van der Waals surface area (Å²) in [5.74, 6) is 1.95. The molecule has 1 aliphatic rings. The molecule has 0 unspecified atom stereocenters. The van der Waals surface area contributed by atoms with E-state index in [1.807, 2.05) is 72.4 Å². The lowest BCUT2D eigenvalue weighted by Gasteiger charge is -2.40. The highest BCUT2D eigenvalue weighted by Gasteiger charge is 2.47. The van der Waals surface area contributed by atoms with Gasteiger partial charge >= 0.3 is 0 Å². The Morgan fingerprint density at radius 3 is 1.32 bits per heavy atom. The molecule has 9 aromatic rings. The minimum Gasteiger partial charge on any atom is -0.208 e. The van der Waals surface area contributed by atoms with Gasteiger partial charge in [0.2, 0.25) is 0 Å². The molecule has 0 N–H and O–H groups in total. The van der Waals surface area contributed by atoms with E-state index in [2.05, 4.69) is 152 Å². The first-order chi connectivity index (χ1) is 27.8. The SMILES string of the molecule is c1ccc(-c2nc(-c3ccccc3)nc(-c3cccc(-c4cccc(-c5cccc6c5Sc5ccccc5[Si]6(c5ccccc5)c5ccccc5)c4)c3)n2)cc1. The zero-order valence-electron chi connectivity index (χ0n) is 30.5. The Labute approximate surface area is 332 Å². The van der Waals surface area contributed by atoms with Crippen LogP contribution in [0.4, 0.5) is 0 Å². The van der Waals surface area contributed by atoms with Gasteiger partial charge in [-0.3, -0.25) is 0 Å². The van der Waals surface area contributed by atoms with E-state index >= 15 is 0 Å². The first-order valence-corrected chi connectivity index (χ1v) is 21.7. The molecule has 0 bridgehead atoms. The largest absolute Gasteiger partial charge is 0.208 e. The second-order valence-corrected chi connectivity index (χ2v) is 18.7. The lowest BCUT2D eigenvalue weighted by molar-refractivity contribution is 1.07. The van der Waals surface area contributed by atoms with Crippen LogP contribution in [-0.2, 0) is 0 Å². The van der Waals surface area contributed by atoms with Crippen LogP contribution in [0.3, 0.4) is 0 Å². The van der Waals surface area contributed by atoms with Crippen molar-refractivity contribution in [3.05, 3.63) is 212 Å². The van der Waals surface area contributed by atoms with Gasteiger partial charge in [0.05, 0.1) is 0 Å². The molecule has 8 aromatic carbocycles. The first kappa shape index (κ1) is 33.9. The quantitative estimate of drug-likeness (QED) is 0.152. The molecule has 2 heterocycles. The molecular weight excluding hydrogens is 715 g/mol. The maximum atomic E-state index is 5.01. The molecule has 0 spiro atoms. The minimum atomic E-state index is -2.66. The zero-order chi connectivity index (χ0) is 37.3. The second-order valence-electron chi connectivity index (χ2n) is 14.0. The van der Waals surface area contributed by atoms with Gasteiger partial charge < -0.3 is 0 Å². The van der Waals surface area contributed by atoms with Gasteiger partial charge in [0, 0.05) is 26.5 Å². The molecule has 5 heteroatoms. The maximum Gasteiger partial charge on any atom is 0.181 e. The molecule has 264 valence electrons. The van der Waals surface area contributed by atoms with Crippen molar-refractivity contribution in [2.75, 3.05) is 0 Å². The van der Waals surface area contributed by atoms with E-state index in [1.54, 1.807) is 0 Å². The van der Waals surface area contributed by atoms with Gasteiger partial charge in [0.1, 0.15) is 0 Å². The van der Waals surface area contributed by atoms with Crippen LogP contribution in [0, 0.1) is 0 Å². The highest BCUT2D eigenvalue weighted by molar-refractivity contribution is 8.00. The molecule has 0 saturated heterocycles. The molecule has 3 nitrogen and oxygen atoms in total. The third kappa shape index (κ3) is 5.98. The van der Waals surface area contributed by atoms with Crippen molar-refractivity contribution >= 4 is 40.6 Å². The summed E-state index contributed by atoms with van der Waals surface area (Å²) >= 11 is 1.91. The molecule has 0 aliphatic carbocycles. The van der Waals surface area contributed by atoms with Crippen molar-refractivity contribution in [2.45, 2.75) is 9.79 Å². The fraction of sp³-hybridized carbons (Fsp3) is 0. The lowest BCUT2D eigenvalue weighted by Crippen LogP contribution is -2.76. The van der Waals surface area contributed by atoms with E-state index in [0.717, 1.165) is 27.8 Å². The lowest BCUT2D eigenvalue weighted by atomic mass is 9.98. The monoisotopic (exact) mass is 749 g/mol. The van der Waals surface area contributed by atoms with Crippen molar-refractivity contribution < 1.29 is 0 Å². The van der Waals surface area contributed by atoms with Crippen molar-refractivity contribution in [3.8, 4) is 56.4 Å². The molecule has 0 radical (unpaired) electrons. The highest BCUT2D eigenvalue weighted by atomic mass is 32.2. The van der Waals surface area contributed by atoms with Crippen LogP contribution in [0.15, 0.2) is 222 Å². The van der Waals surface area contributed by atoms with E-state index in [1.165, 1.54) is 41.7 Å². The minimum absolute atomic E-state index is 0.644. The Morgan fingerprint density at radius 1 is 0.321 bits per heavy atom. The number of nitrogens with zero attached hydrogens (tertiary/aromatic N) is 3. The Bertz CT molecular complexity index is 2730. The molecule has 56 heavy (non-hydrogen) atoms. The maximum absolute atomic E-state index is 5.01. The number of rotatable bonds is 7. The smallest absolute Gasteiger partial charge is 0.181 e. The van der Waals surface area contributed by atoms with E-state index in [4.69, 9.17) is 15.0 Å². The van der Waals surface area contributed by atoms with E-state index in [-0.39, 0.29) is 0 Å². The topological polar surface area (TPSA) is 38.7 Å². The van der Waals surface area contributed by atoms with Crippen LogP contribution in [-0.4, -0.2) is 23.0 Å². The molecule has 1 aliphatic heterocycles. The predicted molar refractivity (Wildman–Crippen MR) is 235 cm³/mol. The van der Waals surface area contributed by atoms with Crippen LogP contribution in [0.1, 0.15) is 0 Å². The molecule has 0 amide bonds. The summed E-state index contributed by atoms with van der Waals surface area (Å²) in [6.45, 7) is 0. The van der Waals surface area contributed by atoms with Gasteiger partial charge in [-0.15, -0.1) is 0 Å². The van der Waals surface area contributed by atoms with Crippen LogP contribution in [0.2, 0.25) is 0 Å². The van der Waals surface area contributed by atoms with E-state index in [0.29, 0.717) is 17.5 Å². The summed E-state index contributed by atoms with van der Waals surface area (Å²) in [5.41, 5.74) is 7.53. The number of fused-ring (bicyclic) bond motifs is 2. The molecule has 0 atom stereocenters. The molecule has 0 fully saturated rings. The molecule has 0 saturated carbocycles. The zero-order valence-corrected chi connectivity index (χ0v) is 32.3. The third-order valence-corrected chi connectivity index (χ3v) is 17.1. The van der Waals surface area contributed by atoms with Gasteiger partial charge in [-0.1, -0.05) is 206 Å². The van der Waals surface area contributed by atoms with Crippen LogP contribution in [0.25, 0.3) is 56.4 Å². The van der Waals surface area contributed by atoms with E-state index in [9.17, 15) is 0 Å². The van der Waals surface area contributed by atoms with Gasteiger partial charge in [-0.25, -0.2) is 15.0 Å². The van der Waals surface area contributed by atoms with Crippen LogP contribution >= 0.6 is 11.8 Å². The predicted octanol–water partition coefficient (Wildman–Crippen LogP) is 10.0. The summed E-state index contributed by atoms with van der Waals surface area (Å²) < 4.78 is 0. The van der Waals surface area contributed by atoms with Gasteiger partial charge in [-0.2, -0.15) is 0 Å². The molecule has 10 rings (SSSR count). The number of aromatic nitrogens is 3. The molecular formula is C51H35N3SSi. The van der Waals surface area contributed by atoms with Crippen LogP contribution in [0.5, 0.6) is 0 Å². The normalized spacial score (nSPS) is 12.7. The summed E-state index contributed by atoms with van der Waals surface area (Å²) in [6, 6.07) is 76.2. The van der Waals surface area contributed by atoms with E-state index < -0.39 is 8.07 Å². The highest BCUT2D eigenvalue weighted by Crippen LogP contribution is 2.40. The van der Waals surface area contributed by atoms with Crippen molar-refractivity contribution in [2.24, 2.45) is 0 Å². The summed E-state index contributed by atoms with van der Waals surface area (Å²) in [6.07, 6.45) is 0. The Balaban J connectivity index is 1.10.